The van der Waals surface area contributed by atoms with Crippen LogP contribution in [0.25, 0.3) is 11.0 Å². The zero-order chi connectivity index (χ0) is 18.6. The second-order valence-electron chi connectivity index (χ2n) is 6.33. The van der Waals surface area contributed by atoms with Crippen LogP contribution in [-0.2, 0) is 16.1 Å². The largest absolute Gasteiger partial charge is 0.497 e. The van der Waals surface area contributed by atoms with Crippen LogP contribution in [-0.4, -0.2) is 42.3 Å². The number of imidazole rings is 1. The number of rotatable bonds is 6. The number of nitrogens with zero attached hydrogens (tertiary/aromatic N) is 2. The Morgan fingerprint density at radius 1 is 1.26 bits per heavy atom. The molecule has 1 aliphatic heterocycles. The zero-order valence-electron chi connectivity index (χ0n) is 15.1. The number of hydrogen-bond acceptors (Lipinski definition) is 5. The predicted molar refractivity (Wildman–Crippen MR) is 99.9 cm³/mol. The Morgan fingerprint density at radius 2 is 2.11 bits per heavy atom. The second kappa shape index (κ2) is 7.67. The molecule has 2 aromatic carbocycles. The monoisotopic (exact) mass is 367 g/mol. The normalized spacial score (nSPS) is 16.0. The molecule has 1 aromatic heterocycles. The average Bonchev–Trinajstić information content (AvgIpc) is 3.09. The van der Waals surface area contributed by atoms with Crippen molar-refractivity contribution in [1.82, 2.24) is 14.9 Å². The van der Waals surface area contributed by atoms with Gasteiger partial charge in [0.15, 0.2) is 6.61 Å². The number of hydrogen-bond donors (Lipinski definition) is 1. The number of fused-ring (bicyclic) bond motifs is 3. The average molecular weight is 367 g/mol. The summed E-state index contributed by atoms with van der Waals surface area (Å²) in [6.07, 6.45) is 0. The first-order chi connectivity index (χ1) is 13.2. The lowest BCUT2D eigenvalue weighted by Crippen LogP contribution is -2.37. The van der Waals surface area contributed by atoms with E-state index < -0.39 is 0 Å². The van der Waals surface area contributed by atoms with Crippen LogP contribution in [0, 0.1) is 0 Å². The molecule has 0 saturated heterocycles. The van der Waals surface area contributed by atoms with Gasteiger partial charge in [-0.25, -0.2) is 4.98 Å². The lowest BCUT2D eigenvalue weighted by molar-refractivity contribution is -0.123. The molecule has 1 unspecified atom stereocenters. The summed E-state index contributed by atoms with van der Waals surface area (Å²) in [5.41, 5.74) is 1.87. The third kappa shape index (κ3) is 3.73. The molecule has 1 atom stereocenters. The Hall–Kier alpha value is -3.06. The molecule has 140 valence electrons. The summed E-state index contributed by atoms with van der Waals surface area (Å²) in [6, 6.07) is 15.0. The zero-order valence-corrected chi connectivity index (χ0v) is 15.1. The van der Waals surface area contributed by atoms with Gasteiger partial charge in [-0.05, 0) is 24.3 Å². The van der Waals surface area contributed by atoms with Gasteiger partial charge in [-0.1, -0.05) is 18.2 Å². The van der Waals surface area contributed by atoms with E-state index >= 15 is 0 Å². The Bertz CT molecular complexity index is 939. The predicted octanol–water partition coefficient (Wildman–Crippen LogP) is 2.31. The number of carbonyl (C=O) groups is 1. The fraction of sp³-hybridized carbons (Fsp3) is 0.300. The fourth-order valence-electron chi connectivity index (χ4n) is 3.22. The van der Waals surface area contributed by atoms with Gasteiger partial charge in [0, 0.05) is 12.6 Å². The lowest BCUT2D eigenvalue weighted by atomic mass is 10.2. The molecule has 4 rings (SSSR count). The third-order valence-electron chi connectivity index (χ3n) is 4.52. The molecule has 7 nitrogen and oxygen atoms in total. The Balaban J connectivity index is 1.44. The van der Waals surface area contributed by atoms with E-state index in [-0.39, 0.29) is 18.6 Å². The molecular weight excluding hydrogens is 346 g/mol. The molecule has 0 spiro atoms. The highest BCUT2D eigenvalue weighted by molar-refractivity contribution is 5.79. The van der Waals surface area contributed by atoms with Gasteiger partial charge >= 0.3 is 0 Å². The molecule has 0 bridgehead atoms. The van der Waals surface area contributed by atoms with Crippen molar-refractivity contribution in [2.24, 2.45) is 0 Å². The smallest absolute Gasteiger partial charge is 0.258 e. The lowest BCUT2D eigenvalue weighted by Gasteiger charge is -2.26. The maximum atomic E-state index is 12.2. The van der Waals surface area contributed by atoms with Crippen molar-refractivity contribution in [3.05, 3.63) is 54.4 Å². The van der Waals surface area contributed by atoms with Gasteiger partial charge < -0.3 is 24.1 Å². The van der Waals surface area contributed by atoms with Crippen LogP contribution in [0.15, 0.2) is 48.5 Å². The number of para-hydroxylation sites is 1. The van der Waals surface area contributed by atoms with E-state index in [0.717, 1.165) is 22.6 Å². The van der Waals surface area contributed by atoms with E-state index in [2.05, 4.69) is 14.9 Å². The molecule has 27 heavy (non-hydrogen) atoms. The van der Waals surface area contributed by atoms with Gasteiger partial charge in [0.25, 0.3) is 5.91 Å². The maximum Gasteiger partial charge on any atom is 0.258 e. The summed E-state index contributed by atoms with van der Waals surface area (Å²) in [5, 5.41) is 2.92. The number of methoxy groups -OCH3 is 1. The SMILES string of the molecule is COc1ccc2nc3n(c2c1)C(CNC(=O)COc1ccccc1)COC3. The van der Waals surface area contributed by atoms with Gasteiger partial charge in [-0.2, -0.15) is 0 Å². The highest BCUT2D eigenvalue weighted by atomic mass is 16.5. The Labute approximate surface area is 156 Å². The van der Waals surface area contributed by atoms with Crippen molar-refractivity contribution >= 4 is 16.9 Å². The van der Waals surface area contributed by atoms with Crippen molar-refractivity contribution in [1.29, 1.82) is 0 Å². The number of benzene rings is 2. The van der Waals surface area contributed by atoms with Gasteiger partial charge in [0.05, 0.1) is 30.8 Å². The van der Waals surface area contributed by atoms with E-state index in [1.165, 1.54) is 0 Å². The molecule has 0 fully saturated rings. The van der Waals surface area contributed by atoms with Crippen LogP contribution in [0.2, 0.25) is 0 Å². The fourth-order valence-corrected chi connectivity index (χ4v) is 3.22. The number of ether oxygens (including phenoxy) is 3. The minimum absolute atomic E-state index is 0.0249. The minimum Gasteiger partial charge on any atom is -0.497 e. The number of nitrogens with one attached hydrogen (secondary N) is 1. The van der Waals surface area contributed by atoms with Gasteiger partial charge in [-0.3, -0.25) is 4.79 Å². The number of aromatic nitrogens is 2. The number of amides is 1. The summed E-state index contributed by atoms with van der Waals surface area (Å²) < 4.78 is 18.6. The maximum absolute atomic E-state index is 12.2. The van der Waals surface area contributed by atoms with Crippen molar-refractivity contribution < 1.29 is 19.0 Å². The van der Waals surface area contributed by atoms with Crippen LogP contribution < -0.4 is 14.8 Å². The van der Waals surface area contributed by atoms with Crippen LogP contribution in [0.4, 0.5) is 0 Å². The van der Waals surface area contributed by atoms with Gasteiger partial charge in [0.2, 0.25) is 0 Å². The highest BCUT2D eigenvalue weighted by Gasteiger charge is 2.24. The molecule has 0 saturated carbocycles. The van der Waals surface area contributed by atoms with Crippen molar-refractivity contribution in [3.8, 4) is 11.5 Å². The summed E-state index contributed by atoms with van der Waals surface area (Å²) in [5.74, 6) is 2.12. The standard InChI is InChI=1S/C20H21N3O4/c1-25-16-7-8-17-18(9-16)23-14(11-26-12-19(23)22-17)10-21-20(24)13-27-15-5-3-2-4-6-15/h2-9,14H,10-13H2,1H3,(H,21,24). The van der Waals surface area contributed by atoms with Crippen LogP contribution >= 0.6 is 0 Å². The summed E-state index contributed by atoms with van der Waals surface area (Å²) in [6.45, 7) is 1.38. The summed E-state index contributed by atoms with van der Waals surface area (Å²) in [4.78, 5) is 16.8. The van der Waals surface area contributed by atoms with Gasteiger partial charge in [0.1, 0.15) is 23.9 Å². The molecule has 2 heterocycles. The van der Waals surface area contributed by atoms with Crippen molar-refractivity contribution in [2.75, 3.05) is 26.9 Å². The van der Waals surface area contributed by atoms with E-state index in [4.69, 9.17) is 14.2 Å². The molecule has 0 aliphatic carbocycles. The van der Waals surface area contributed by atoms with Crippen molar-refractivity contribution in [3.63, 3.8) is 0 Å². The topological polar surface area (TPSA) is 74.6 Å². The summed E-state index contributed by atoms with van der Waals surface area (Å²) in [7, 11) is 1.64. The van der Waals surface area contributed by atoms with E-state index in [0.29, 0.717) is 25.5 Å². The second-order valence-corrected chi connectivity index (χ2v) is 6.33. The first-order valence-electron chi connectivity index (χ1n) is 8.82. The van der Waals surface area contributed by atoms with E-state index in [1.54, 1.807) is 7.11 Å². The summed E-state index contributed by atoms with van der Waals surface area (Å²) >= 11 is 0. The van der Waals surface area contributed by atoms with Crippen LogP contribution in [0.3, 0.4) is 0 Å². The molecule has 7 heteroatoms. The highest BCUT2D eigenvalue weighted by Crippen LogP contribution is 2.28. The quantitative estimate of drug-likeness (QED) is 0.724. The molecule has 1 amide bonds. The van der Waals surface area contributed by atoms with Crippen molar-refractivity contribution in [2.45, 2.75) is 12.6 Å². The Kier molecular flexibility index (Phi) is 4.93. The molecular formula is C20H21N3O4. The number of carbonyl (C=O) groups excluding carboxylic acids is 1. The first-order valence-corrected chi connectivity index (χ1v) is 8.82. The Morgan fingerprint density at radius 3 is 2.93 bits per heavy atom. The minimum atomic E-state index is -0.173. The van der Waals surface area contributed by atoms with E-state index in [9.17, 15) is 4.79 Å². The first kappa shape index (κ1) is 17.4. The molecule has 0 radical (unpaired) electrons. The van der Waals surface area contributed by atoms with Crippen LogP contribution in [0.1, 0.15) is 11.9 Å². The molecule has 1 aliphatic rings. The third-order valence-corrected chi connectivity index (χ3v) is 4.52. The molecule has 3 aromatic rings. The van der Waals surface area contributed by atoms with E-state index in [1.807, 2.05) is 48.5 Å². The molecule has 1 N–H and O–H groups in total. The van der Waals surface area contributed by atoms with Gasteiger partial charge in [-0.15, -0.1) is 0 Å². The van der Waals surface area contributed by atoms with Crippen LogP contribution in [0.5, 0.6) is 11.5 Å².